The molecule has 3 atom stereocenters. The van der Waals surface area contributed by atoms with Gasteiger partial charge in [-0.1, -0.05) is 23.7 Å². The average molecular weight is 311 g/mol. The number of benzene rings is 1. The Morgan fingerprint density at radius 2 is 2.10 bits per heavy atom. The summed E-state index contributed by atoms with van der Waals surface area (Å²) in [5, 5.41) is 6.20. The van der Waals surface area contributed by atoms with Crippen molar-refractivity contribution in [2.75, 3.05) is 7.11 Å². The van der Waals surface area contributed by atoms with E-state index in [1.165, 1.54) is 0 Å². The second kappa shape index (κ2) is 6.91. The van der Waals surface area contributed by atoms with E-state index in [2.05, 4.69) is 10.6 Å². The number of amides is 2. The highest BCUT2D eigenvalue weighted by Crippen LogP contribution is 2.22. The Balaban J connectivity index is 1.99. The second-order valence-electron chi connectivity index (χ2n) is 5.16. The summed E-state index contributed by atoms with van der Waals surface area (Å²) >= 11 is 5.87. The normalized spacial score (nSPS) is 20.7. The van der Waals surface area contributed by atoms with Gasteiger partial charge in [0.15, 0.2) is 0 Å². The summed E-state index contributed by atoms with van der Waals surface area (Å²) in [6.07, 6.45) is 0.663. The van der Waals surface area contributed by atoms with Crippen molar-refractivity contribution in [1.82, 2.24) is 10.6 Å². The number of nitrogens with one attached hydrogen (secondary N) is 2. The van der Waals surface area contributed by atoms with E-state index < -0.39 is 6.04 Å². The zero-order valence-electron chi connectivity index (χ0n) is 12.1. The minimum absolute atomic E-state index is 0.0798. The molecule has 21 heavy (non-hydrogen) atoms. The van der Waals surface area contributed by atoms with Crippen LogP contribution < -0.4 is 10.6 Å². The van der Waals surface area contributed by atoms with Crippen LogP contribution in [-0.4, -0.2) is 31.0 Å². The molecule has 0 spiro atoms. The van der Waals surface area contributed by atoms with Gasteiger partial charge in [-0.15, -0.1) is 0 Å². The molecule has 1 heterocycles. The van der Waals surface area contributed by atoms with Crippen LogP contribution in [0.15, 0.2) is 24.3 Å². The molecular weight excluding hydrogens is 292 g/mol. The molecule has 2 rings (SSSR count). The summed E-state index contributed by atoms with van der Waals surface area (Å²) in [6, 6.07) is 6.65. The lowest BCUT2D eigenvalue weighted by molar-refractivity contribution is -0.126. The Morgan fingerprint density at radius 1 is 1.43 bits per heavy atom. The highest BCUT2D eigenvalue weighted by Gasteiger charge is 2.29. The van der Waals surface area contributed by atoms with Crippen LogP contribution in [0.2, 0.25) is 5.02 Å². The van der Waals surface area contributed by atoms with Gasteiger partial charge in [-0.25, -0.2) is 0 Å². The lowest BCUT2D eigenvalue weighted by atomic mass is 10.0. The maximum atomic E-state index is 12.1. The van der Waals surface area contributed by atoms with Crippen molar-refractivity contribution in [2.45, 2.75) is 38.0 Å². The van der Waals surface area contributed by atoms with Crippen molar-refractivity contribution in [3.63, 3.8) is 0 Å². The van der Waals surface area contributed by atoms with Crippen molar-refractivity contribution in [3.8, 4) is 0 Å². The zero-order chi connectivity index (χ0) is 15.4. The molecule has 2 N–H and O–H groups in total. The third-order valence-corrected chi connectivity index (χ3v) is 3.84. The van der Waals surface area contributed by atoms with Gasteiger partial charge in [-0.2, -0.15) is 0 Å². The summed E-state index contributed by atoms with van der Waals surface area (Å²) in [5.41, 5.74) is 0.935. The monoisotopic (exact) mass is 310 g/mol. The molecule has 1 aromatic carbocycles. The minimum atomic E-state index is -0.442. The van der Waals surface area contributed by atoms with Gasteiger partial charge in [-0.05, 0) is 31.0 Å². The van der Waals surface area contributed by atoms with Crippen LogP contribution in [0.4, 0.5) is 0 Å². The van der Waals surface area contributed by atoms with Gasteiger partial charge in [0.05, 0.1) is 6.04 Å². The third kappa shape index (κ3) is 3.95. The molecule has 5 nitrogen and oxygen atoms in total. The summed E-state index contributed by atoms with van der Waals surface area (Å²) < 4.78 is 5.48. The largest absolute Gasteiger partial charge is 0.375 e. The number of halogens is 1. The topological polar surface area (TPSA) is 67.4 Å². The van der Waals surface area contributed by atoms with Gasteiger partial charge in [0.25, 0.3) is 0 Å². The summed E-state index contributed by atoms with van der Waals surface area (Å²) in [7, 11) is 1.60. The van der Waals surface area contributed by atoms with Gasteiger partial charge in [0.1, 0.15) is 12.1 Å². The molecule has 1 fully saturated rings. The molecule has 0 bridgehead atoms. The van der Waals surface area contributed by atoms with Gasteiger partial charge in [0.2, 0.25) is 11.8 Å². The first-order valence-corrected chi connectivity index (χ1v) is 7.27. The standard InChI is InChI=1S/C15H19ClN2O3/c1-9(17-15(20)12-7-8-13(19)18-12)14(21-2)10-3-5-11(16)6-4-10/h3-6,9,12,14H,7-8H2,1-2H3,(H,17,20)(H,18,19)/t9-,12-,14+/m1/s1. The Kier molecular flexibility index (Phi) is 5.20. The molecule has 0 aliphatic carbocycles. The van der Waals surface area contributed by atoms with Crippen molar-refractivity contribution in [2.24, 2.45) is 0 Å². The van der Waals surface area contributed by atoms with Crippen LogP contribution in [0, 0.1) is 0 Å². The average Bonchev–Trinajstić information content (AvgIpc) is 2.88. The lowest BCUT2D eigenvalue weighted by Gasteiger charge is -2.25. The maximum absolute atomic E-state index is 12.1. The number of hydrogen-bond acceptors (Lipinski definition) is 3. The first-order chi connectivity index (χ1) is 10.0. The van der Waals surface area contributed by atoms with Crippen molar-refractivity contribution in [3.05, 3.63) is 34.9 Å². The van der Waals surface area contributed by atoms with Crippen LogP contribution >= 0.6 is 11.6 Å². The fraction of sp³-hybridized carbons (Fsp3) is 0.467. The number of hydrogen-bond donors (Lipinski definition) is 2. The van der Waals surface area contributed by atoms with Crippen LogP contribution in [0.3, 0.4) is 0 Å². The molecule has 1 saturated heterocycles. The first-order valence-electron chi connectivity index (χ1n) is 6.89. The van der Waals surface area contributed by atoms with E-state index in [4.69, 9.17) is 16.3 Å². The summed E-state index contributed by atoms with van der Waals surface area (Å²) in [6.45, 7) is 1.87. The number of rotatable bonds is 5. The fourth-order valence-electron chi connectivity index (χ4n) is 2.49. The summed E-state index contributed by atoms with van der Waals surface area (Å²) in [4.78, 5) is 23.3. The van der Waals surface area contributed by atoms with E-state index in [1.54, 1.807) is 19.2 Å². The number of ether oxygens (including phenoxy) is 1. The van der Waals surface area contributed by atoms with Crippen molar-refractivity contribution in [1.29, 1.82) is 0 Å². The Hall–Kier alpha value is -1.59. The molecule has 1 aliphatic heterocycles. The molecule has 0 unspecified atom stereocenters. The van der Waals surface area contributed by atoms with E-state index in [1.807, 2.05) is 19.1 Å². The van der Waals surface area contributed by atoms with Gasteiger partial charge in [0, 0.05) is 18.6 Å². The first kappa shape index (κ1) is 15.8. The number of carbonyl (C=O) groups excluding carboxylic acids is 2. The highest BCUT2D eigenvalue weighted by atomic mass is 35.5. The molecular formula is C15H19ClN2O3. The predicted molar refractivity (Wildman–Crippen MR) is 80.0 cm³/mol. The van der Waals surface area contributed by atoms with Gasteiger partial charge >= 0.3 is 0 Å². The van der Waals surface area contributed by atoms with Crippen LogP contribution in [0.25, 0.3) is 0 Å². The second-order valence-corrected chi connectivity index (χ2v) is 5.60. The molecule has 0 saturated carbocycles. The van der Waals surface area contributed by atoms with Crippen molar-refractivity contribution >= 4 is 23.4 Å². The molecule has 2 amide bonds. The van der Waals surface area contributed by atoms with Crippen molar-refractivity contribution < 1.29 is 14.3 Å². The molecule has 1 aliphatic rings. The predicted octanol–water partition coefficient (Wildman–Crippen LogP) is 1.81. The van der Waals surface area contributed by atoms with Crippen LogP contribution in [-0.2, 0) is 14.3 Å². The quantitative estimate of drug-likeness (QED) is 0.871. The third-order valence-electron chi connectivity index (χ3n) is 3.59. The SMILES string of the molecule is CO[C@H](c1ccc(Cl)cc1)[C@@H](C)NC(=O)[C@H]1CCC(=O)N1. The maximum Gasteiger partial charge on any atom is 0.242 e. The fourth-order valence-corrected chi connectivity index (χ4v) is 2.62. The Morgan fingerprint density at radius 3 is 2.62 bits per heavy atom. The molecule has 6 heteroatoms. The summed E-state index contributed by atoms with van der Waals surface area (Å²) in [5.74, 6) is -0.256. The van der Waals surface area contributed by atoms with E-state index in [9.17, 15) is 9.59 Å². The van der Waals surface area contributed by atoms with Gasteiger partial charge in [-0.3, -0.25) is 9.59 Å². The lowest BCUT2D eigenvalue weighted by Crippen LogP contribution is -2.47. The molecule has 114 valence electrons. The number of methoxy groups -OCH3 is 1. The molecule has 0 radical (unpaired) electrons. The minimum Gasteiger partial charge on any atom is -0.375 e. The number of carbonyl (C=O) groups is 2. The van der Waals surface area contributed by atoms with E-state index >= 15 is 0 Å². The van der Waals surface area contributed by atoms with E-state index in [0.717, 1.165) is 5.56 Å². The Bertz CT molecular complexity index is 518. The molecule has 0 aromatic heterocycles. The highest BCUT2D eigenvalue weighted by molar-refractivity contribution is 6.30. The molecule has 1 aromatic rings. The Labute approximate surface area is 129 Å². The van der Waals surface area contributed by atoms with Crippen LogP contribution in [0.1, 0.15) is 31.4 Å². The smallest absolute Gasteiger partial charge is 0.242 e. The zero-order valence-corrected chi connectivity index (χ0v) is 12.8. The van der Waals surface area contributed by atoms with E-state index in [0.29, 0.717) is 17.9 Å². The van der Waals surface area contributed by atoms with Crippen LogP contribution in [0.5, 0.6) is 0 Å². The van der Waals surface area contributed by atoms with E-state index in [-0.39, 0.29) is 24.0 Å². The van der Waals surface area contributed by atoms with Gasteiger partial charge < -0.3 is 15.4 Å².